The van der Waals surface area contributed by atoms with Gasteiger partial charge in [-0.2, -0.15) is 0 Å². The molecule has 0 unspecified atom stereocenters. The van der Waals surface area contributed by atoms with Gasteiger partial charge in [0.15, 0.2) is 0 Å². The van der Waals surface area contributed by atoms with Crippen molar-refractivity contribution in [2.24, 2.45) is 4.99 Å². The minimum atomic E-state index is 0.762. The molecular weight excluding hydrogens is 136 g/mol. The maximum absolute atomic E-state index is 5.14. The summed E-state index contributed by atoms with van der Waals surface area (Å²) in [6.07, 6.45) is 1.73. The fourth-order valence-electron chi connectivity index (χ4n) is 0.853. The molecule has 0 spiro atoms. The Morgan fingerprint density at radius 2 is 2.18 bits per heavy atom. The molecule has 1 aromatic rings. The monoisotopic (exact) mass is 145 g/mol. The normalized spacial score (nSPS) is 9.82. The quantitative estimate of drug-likeness (QED) is 0.539. The zero-order valence-electron chi connectivity index (χ0n) is 6.36. The number of rotatable bonds is 1. The van der Waals surface area contributed by atoms with E-state index in [-0.39, 0.29) is 0 Å². The van der Waals surface area contributed by atoms with Crippen molar-refractivity contribution in [2.45, 2.75) is 0 Å². The molecule has 0 bridgehead atoms. The molecule has 11 heavy (non-hydrogen) atoms. The van der Waals surface area contributed by atoms with E-state index in [2.05, 4.69) is 9.84 Å². The Morgan fingerprint density at radius 1 is 1.45 bits per heavy atom. The summed E-state index contributed by atoms with van der Waals surface area (Å²) in [7, 11) is 1.72. The molecule has 0 aliphatic carbocycles. The van der Waals surface area contributed by atoms with E-state index in [0.717, 1.165) is 11.3 Å². The number of benzene rings is 1. The highest BCUT2D eigenvalue weighted by Crippen LogP contribution is 2.15. The van der Waals surface area contributed by atoms with Crippen molar-refractivity contribution < 1.29 is 0 Å². The second-order valence-corrected chi connectivity index (χ2v) is 2.08. The smallest absolute Gasteiger partial charge is 0.296 e. The fraction of sp³-hybridized carbons (Fsp3) is 0.111. The molecule has 2 heteroatoms. The number of nitrogens with zero attached hydrogens (tertiary/aromatic N) is 2. The molecule has 0 heterocycles. The maximum atomic E-state index is 5.14. The van der Waals surface area contributed by atoms with E-state index in [1.807, 2.05) is 24.3 Å². The van der Waals surface area contributed by atoms with Crippen LogP contribution in [0.1, 0.15) is 5.56 Å². The lowest BCUT2D eigenvalue weighted by Crippen LogP contribution is -1.78. The molecule has 0 aliphatic heterocycles. The maximum Gasteiger partial charge on any atom is 0.348 e. The number of hydrogen-bond acceptors (Lipinski definition) is 1. The third-order valence-corrected chi connectivity index (χ3v) is 1.34. The van der Waals surface area contributed by atoms with Crippen LogP contribution >= 0.6 is 0 Å². The van der Waals surface area contributed by atoms with Gasteiger partial charge in [0.2, 0.25) is 0 Å². The van der Waals surface area contributed by atoms with Crippen LogP contribution in [-0.2, 0) is 0 Å². The van der Waals surface area contributed by atoms with Crippen LogP contribution in [0.3, 0.4) is 0 Å². The van der Waals surface area contributed by atoms with Gasteiger partial charge in [-0.15, -0.1) is 0 Å². The van der Waals surface area contributed by atoms with E-state index in [0.29, 0.717) is 0 Å². The van der Waals surface area contributed by atoms with Gasteiger partial charge in [0, 0.05) is 19.3 Å². The summed E-state index contributed by atoms with van der Waals surface area (Å²) in [6, 6.07) is 7.57. The Kier molecular flexibility index (Phi) is 2.40. The van der Waals surface area contributed by atoms with Gasteiger partial charge in [-0.1, -0.05) is 12.1 Å². The molecule has 2 nitrogen and oxygen atoms in total. The summed E-state index contributed by atoms with van der Waals surface area (Å²) in [6.45, 7) is 5.14. The Morgan fingerprint density at radius 3 is 2.82 bits per heavy atom. The van der Waals surface area contributed by atoms with Gasteiger partial charge >= 0.3 is 5.69 Å². The topological polar surface area (TPSA) is 16.7 Å². The van der Waals surface area contributed by atoms with Crippen LogP contribution in [0, 0.1) is 6.57 Å². The lowest BCUT2D eigenvalue weighted by molar-refractivity contribution is 1.46. The minimum absolute atomic E-state index is 0.762. The number of aliphatic imine (C=N–C) groups is 1. The molecule has 0 atom stereocenters. The standard InChI is InChI=1S/C9H9N2/c1-10-7-8-5-3-4-6-9(8)11-2/h2-7H,1H3/q+1. The van der Waals surface area contributed by atoms with Crippen molar-refractivity contribution in [2.75, 3.05) is 7.05 Å². The van der Waals surface area contributed by atoms with Crippen LogP contribution in [0.2, 0.25) is 0 Å². The van der Waals surface area contributed by atoms with Gasteiger partial charge in [-0.3, -0.25) is 4.99 Å². The first-order chi connectivity index (χ1) is 5.38. The third-order valence-electron chi connectivity index (χ3n) is 1.34. The van der Waals surface area contributed by atoms with Crippen LogP contribution in [0.25, 0.3) is 4.85 Å². The van der Waals surface area contributed by atoms with Crippen LogP contribution in [-0.4, -0.2) is 13.3 Å². The average molecular weight is 145 g/mol. The van der Waals surface area contributed by atoms with Gasteiger partial charge in [0.25, 0.3) is 6.57 Å². The molecule has 0 fully saturated rings. The highest BCUT2D eigenvalue weighted by Gasteiger charge is 2.04. The zero-order valence-corrected chi connectivity index (χ0v) is 6.36. The lowest BCUT2D eigenvalue weighted by atomic mass is 10.2. The van der Waals surface area contributed by atoms with Gasteiger partial charge in [-0.25, -0.2) is 0 Å². The average Bonchev–Trinajstić information content (AvgIpc) is 2.06. The Hall–Kier alpha value is -1.62. The van der Waals surface area contributed by atoms with Crippen molar-refractivity contribution in [3.63, 3.8) is 0 Å². The highest BCUT2D eigenvalue weighted by atomic mass is 14.7. The van der Waals surface area contributed by atoms with Crippen molar-refractivity contribution in [1.82, 2.24) is 0 Å². The predicted octanol–water partition coefficient (Wildman–Crippen LogP) is 2.33. The van der Waals surface area contributed by atoms with Crippen LogP contribution < -0.4 is 0 Å². The second kappa shape index (κ2) is 3.52. The summed E-state index contributed by atoms with van der Waals surface area (Å²) in [4.78, 5) is 7.47. The van der Waals surface area contributed by atoms with E-state index in [1.54, 1.807) is 13.3 Å². The van der Waals surface area contributed by atoms with Gasteiger partial charge in [0.05, 0.1) is 5.56 Å². The first-order valence-corrected chi connectivity index (χ1v) is 3.30. The van der Waals surface area contributed by atoms with Crippen LogP contribution in [0.4, 0.5) is 5.69 Å². The van der Waals surface area contributed by atoms with E-state index in [4.69, 9.17) is 6.57 Å². The Labute approximate surface area is 66.0 Å². The van der Waals surface area contributed by atoms with Crippen molar-refractivity contribution in [3.05, 3.63) is 34.7 Å². The van der Waals surface area contributed by atoms with E-state index >= 15 is 0 Å². The minimum Gasteiger partial charge on any atom is -0.296 e. The van der Waals surface area contributed by atoms with E-state index in [1.165, 1.54) is 0 Å². The van der Waals surface area contributed by atoms with Gasteiger partial charge in [-0.05, 0) is 10.9 Å². The molecule has 0 amide bonds. The van der Waals surface area contributed by atoms with E-state index < -0.39 is 0 Å². The van der Waals surface area contributed by atoms with Crippen molar-refractivity contribution >= 4 is 11.9 Å². The molecule has 1 rings (SSSR count). The largest absolute Gasteiger partial charge is 0.348 e. The Balaban J connectivity index is 3.15. The third kappa shape index (κ3) is 1.65. The van der Waals surface area contributed by atoms with Crippen LogP contribution in [0.15, 0.2) is 29.3 Å². The molecule has 0 aromatic heterocycles. The first kappa shape index (κ1) is 7.49. The molecule has 0 aliphatic rings. The number of hydrogen-bond donors (Lipinski definition) is 0. The fourth-order valence-corrected chi connectivity index (χ4v) is 0.853. The first-order valence-electron chi connectivity index (χ1n) is 3.30. The predicted molar refractivity (Wildman–Crippen MR) is 47.9 cm³/mol. The van der Waals surface area contributed by atoms with Crippen molar-refractivity contribution in [3.8, 4) is 6.57 Å². The van der Waals surface area contributed by atoms with Gasteiger partial charge in [0.1, 0.15) is 0 Å². The Bertz CT molecular complexity index is 308. The van der Waals surface area contributed by atoms with E-state index in [9.17, 15) is 0 Å². The molecule has 54 valence electrons. The SMILES string of the molecule is C#[N+]c1ccccc1C=NC. The second-order valence-electron chi connectivity index (χ2n) is 2.08. The lowest BCUT2D eigenvalue weighted by Gasteiger charge is -1.85. The molecule has 0 saturated carbocycles. The van der Waals surface area contributed by atoms with Crippen LogP contribution in [0.5, 0.6) is 0 Å². The summed E-state index contributed by atoms with van der Waals surface area (Å²) in [5, 5.41) is 0. The highest BCUT2D eigenvalue weighted by molar-refractivity contribution is 5.87. The summed E-state index contributed by atoms with van der Waals surface area (Å²) in [5.41, 5.74) is 1.70. The molecular formula is C9H9N2+. The van der Waals surface area contributed by atoms with Crippen molar-refractivity contribution in [1.29, 1.82) is 0 Å². The summed E-state index contributed by atoms with van der Waals surface area (Å²) in [5.74, 6) is 0. The number of para-hydroxylation sites is 1. The van der Waals surface area contributed by atoms with Gasteiger partial charge < -0.3 is 0 Å². The molecule has 0 radical (unpaired) electrons. The zero-order chi connectivity index (χ0) is 8.10. The summed E-state index contributed by atoms with van der Waals surface area (Å²) < 4.78 is 0. The molecule has 0 saturated heterocycles. The molecule has 0 N–H and O–H groups in total. The molecule has 1 aromatic carbocycles. The summed E-state index contributed by atoms with van der Waals surface area (Å²) >= 11 is 0.